The molecule has 1 atom stereocenters. The number of likely N-dealkylation sites (N-methyl/N-ethyl adjacent to an activating group) is 1. The maximum atomic E-state index is 2.77. The van der Waals surface area contributed by atoms with Gasteiger partial charge >= 0.3 is 0 Å². The molecule has 0 radical (unpaired) electrons. The van der Waals surface area contributed by atoms with Crippen molar-refractivity contribution >= 4 is 0 Å². The van der Waals surface area contributed by atoms with Crippen molar-refractivity contribution in [3.63, 3.8) is 0 Å². The summed E-state index contributed by atoms with van der Waals surface area (Å²) in [4.78, 5) is 8.00. The molecular weight excluding hydrogens is 246 g/mol. The first-order valence-corrected chi connectivity index (χ1v) is 8.96. The molecule has 0 amide bonds. The number of likely N-dealkylation sites (tertiary alicyclic amines) is 1. The Morgan fingerprint density at radius 2 is 1.60 bits per heavy atom. The van der Waals surface area contributed by atoms with Gasteiger partial charge in [-0.2, -0.15) is 0 Å². The van der Waals surface area contributed by atoms with Crippen LogP contribution in [0.15, 0.2) is 0 Å². The first kappa shape index (κ1) is 14.8. The summed E-state index contributed by atoms with van der Waals surface area (Å²) in [6.45, 7) is 9.20. The van der Waals surface area contributed by atoms with Crippen LogP contribution in [0, 0.1) is 5.92 Å². The smallest absolute Gasteiger partial charge is 0.0224 e. The molecule has 20 heavy (non-hydrogen) atoms. The average Bonchev–Trinajstić information content (AvgIpc) is 2.99. The summed E-state index contributed by atoms with van der Waals surface area (Å²) < 4.78 is 0. The minimum absolute atomic E-state index is 0.839. The van der Waals surface area contributed by atoms with E-state index >= 15 is 0 Å². The first-order valence-electron chi connectivity index (χ1n) is 8.96. The largest absolute Gasteiger partial charge is 0.305 e. The van der Waals surface area contributed by atoms with Crippen LogP contribution in [0.1, 0.15) is 44.9 Å². The fourth-order valence-electron chi connectivity index (χ4n) is 4.45. The Labute approximate surface area is 125 Å². The van der Waals surface area contributed by atoms with E-state index in [9.17, 15) is 0 Å². The van der Waals surface area contributed by atoms with Gasteiger partial charge in [0.05, 0.1) is 0 Å². The lowest BCUT2D eigenvalue weighted by atomic mass is 10.0. The molecule has 116 valence electrons. The zero-order chi connectivity index (χ0) is 13.8. The van der Waals surface area contributed by atoms with E-state index < -0.39 is 0 Å². The van der Waals surface area contributed by atoms with Gasteiger partial charge in [-0.05, 0) is 45.3 Å². The van der Waals surface area contributed by atoms with Crippen LogP contribution >= 0.6 is 0 Å². The monoisotopic (exact) mass is 279 g/mol. The fraction of sp³-hybridized carbons (Fsp3) is 1.00. The van der Waals surface area contributed by atoms with Crippen molar-refractivity contribution in [2.24, 2.45) is 5.92 Å². The van der Waals surface area contributed by atoms with E-state index in [4.69, 9.17) is 0 Å². The summed E-state index contributed by atoms with van der Waals surface area (Å²) in [7, 11) is 2.28. The molecule has 0 aromatic carbocycles. The van der Waals surface area contributed by atoms with Gasteiger partial charge in [-0.15, -0.1) is 0 Å². The van der Waals surface area contributed by atoms with E-state index in [-0.39, 0.29) is 0 Å². The van der Waals surface area contributed by atoms with Crippen LogP contribution in [-0.2, 0) is 0 Å². The highest BCUT2D eigenvalue weighted by atomic mass is 15.3. The molecule has 0 unspecified atom stereocenters. The predicted molar refractivity (Wildman–Crippen MR) is 85.1 cm³/mol. The van der Waals surface area contributed by atoms with Crippen molar-refractivity contribution in [2.75, 3.05) is 52.9 Å². The third kappa shape index (κ3) is 3.96. The van der Waals surface area contributed by atoms with Crippen molar-refractivity contribution in [3.05, 3.63) is 0 Å². The van der Waals surface area contributed by atoms with E-state index in [1.165, 1.54) is 90.8 Å². The molecule has 0 N–H and O–H groups in total. The third-order valence-electron chi connectivity index (χ3n) is 5.85. The van der Waals surface area contributed by atoms with E-state index in [1.807, 2.05) is 0 Å². The molecule has 1 aliphatic carbocycles. The Balaban J connectivity index is 1.35. The zero-order valence-corrected chi connectivity index (χ0v) is 13.4. The van der Waals surface area contributed by atoms with Crippen LogP contribution in [0.3, 0.4) is 0 Å². The minimum Gasteiger partial charge on any atom is -0.305 e. The number of hydrogen-bond acceptors (Lipinski definition) is 3. The molecule has 3 aliphatic rings. The summed E-state index contributed by atoms with van der Waals surface area (Å²) in [6, 6.07) is 0.839. The van der Waals surface area contributed by atoms with E-state index in [0.717, 1.165) is 12.0 Å². The number of nitrogens with zero attached hydrogens (tertiary/aromatic N) is 3. The summed E-state index contributed by atoms with van der Waals surface area (Å²) in [5.41, 5.74) is 0. The predicted octanol–water partition coefficient (Wildman–Crippen LogP) is 2.28. The molecule has 3 nitrogen and oxygen atoms in total. The zero-order valence-electron chi connectivity index (χ0n) is 13.4. The van der Waals surface area contributed by atoms with Crippen molar-refractivity contribution in [2.45, 2.75) is 51.0 Å². The first-order chi connectivity index (χ1) is 9.81. The van der Waals surface area contributed by atoms with Crippen molar-refractivity contribution in [1.29, 1.82) is 0 Å². The van der Waals surface area contributed by atoms with Crippen LogP contribution in [0.25, 0.3) is 0 Å². The lowest BCUT2D eigenvalue weighted by Crippen LogP contribution is -2.54. The van der Waals surface area contributed by atoms with Crippen LogP contribution in [0.5, 0.6) is 0 Å². The maximum Gasteiger partial charge on any atom is 0.0224 e. The van der Waals surface area contributed by atoms with Gasteiger partial charge in [-0.3, -0.25) is 4.90 Å². The molecule has 2 aliphatic heterocycles. The second kappa shape index (κ2) is 7.24. The number of hydrogen-bond donors (Lipinski definition) is 0. The second-order valence-electron chi connectivity index (χ2n) is 7.38. The van der Waals surface area contributed by atoms with E-state index in [1.54, 1.807) is 0 Å². The Bertz CT molecular complexity index is 280. The minimum atomic E-state index is 0.839. The fourth-order valence-corrected chi connectivity index (χ4v) is 4.45. The number of rotatable bonds is 4. The molecular formula is C17H33N3. The van der Waals surface area contributed by atoms with Crippen LogP contribution in [0.2, 0.25) is 0 Å². The summed E-state index contributed by atoms with van der Waals surface area (Å²) in [5, 5.41) is 0. The highest BCUT2D eigenvalue weighted by Crippen LogP contribution is 2.27. The lowest BCUT2D eigenvalue weighted by Gasteiger charge is -2.42. The highest BCUT2D eigenvalue weighted by molar-refractivity contribution is 4.83. The van der Waals surface area contributed by atoms with Gasteiger partial charge in [0.25, 0.3) is 0 Å². The molecule has 3 fully saturated rings. The van der Waals surface area contributed by atoms with Crippen LogP contribution < -0.4 is 0 Å². The van der Waals surface area contributed by atoms with Gasteiger partial charge in [0.15, 0.2) is 0 Å². The van der Waals surface area contributed by atoms with E-state index in [0.29, 0.717) is 0 Å². The molecule has 2 saturated heterocycles. The van der Waals surface area contributed by atoms with Gasteiger partial charge in [-0.1, -0.05) is 25.7 Å². The normalized spacial score (nSPS) is 31.9. The SMILES string of the molecule is CN1CCC[C@H](N2CCN(CCC3CCCC3)CC2)C1. The maximum absolute atomic E-state index is 2.77. The van der Waals surface area contributed by atoms with Gasteiger partial charge in [0.1, 0.15) is 0 Å². The van der Waals surface area contributed by atoms with Crippen LogP contribution in [-0.4, -0.2) is 73.6 Å². The summed E-state index contributed by atoms with van der Waals surface area (Å²) in [6.07, 6.45) is 10.3. The molecule has 1 saturated carbocycles. The van der Waals surface area contributed by atoms with Crippen molar-refractivity contribution in [1.82, 2.24) is 14.7 Å². The molecule has 0 spiro atoms. The Morgan fingerprint density at radius 1 is 0.850 bits per heavy atom. The number of piperazine rings is 1. The van der Waals surface area contributed by atoms with Crippen molar-refractivity contribution < 1.29 is 0 Å². The van der Waals surface area contributed by atoms with Crippen molar-refractivity contribution in [3.8, 4) is 0 Å². The summed E-state index contributed by atoms with van der Waals surface area (Å²) in [5.74, 6) is 1.06. The number of piperidine rings is 1. The quantitative estimate of drug-likeness (QED) is 0.782. The van der Waals surface area contributed by atoms with E-state index in [2.05, 4.69) is 21.7 Å². The van der Waals surface area contributed by atoms with Gasteiger partial charge in [0.2, 0.25) is 0 Å². The Kier molecular flexibility index (Phi) is 5.36. The third-order valence-corrected chi connectivity index (χ3v) is 5.85. The van der Waals surface area contributed by atoms with Gasteiger partial charge < -0.3 is 9.80 Å². The standard InChI is InChI=1S/C17H33N3/c1-18-9-4-7-17(15-18)20-13-11-19(12-14-20)10-8-16-5-2-3-6-16/h16-17H,2-15H2,1H3/t17-/m0/s1. The second-order valence-corrected chi connectivity index (χ2v) is 7.38. The lowest BCUT2D eigenvalue weighted by molar-refractivity contribution is 0.0576. The average molecular weight is 279 g/mol. The highest BCUT2D eigenvalue weighted by Gasteiger charge is 2.27. The van der Waals surface area contributed by atoms with Gasteiger partial charge in [0, 0.05) is 38.8 Å². The Morgan fingerprint density at radius 3 is 2.30 bits per heavy atom. The van der Waals surface area contributed by atoms with Gasteiger partial charge in [-0.25, -0.2) is 0 Å². The summed E-state index contributed by atoms with van der Waals surface area (Å²) >= 11 is 0. The molecule has 2 heterocycles. The molecule has 0 aromatic heterocycles. The molecule has 3 heteroatoms. The topological polar surface area (TPSA) is 9.72 Å². The van der Waals surface area contributed by atoms with Crippen LogP contribution in [0.4, 0.5) is 0 Å². The Hall–Kier alpha value is -0.120. The molecule has 3 rings (SSSR count). The molecule has 0 aromatic rings. The molecule has 0 bridgehead atoms.